The van der Waals surface area contributed by atoms with Gasteiger partial charge in [0.05, 0.1) is 10.5 Å². The van der Waals surface area contributed by atoms with E-state index < -0.39 is 0 Å². The molecule has 0 aromatic heterocycles. The standard InChI is InChI=1S/C23H24BrNO2/c1-16(2)14-20(18-9-4-3-5-10-18)25-22(26)15-27-21-13-12-17-8-6-7-11-19(17)23(21)24/h3-13,16,20H,14-15H2,1-2H3,(H,25,26)/t20-/m1/s1. The molecule has 1 amide bonds. The first-order chi connectivity index (χ1) is 13.0. The Morgan fingerprint density at radius 2 is 1.70 bits per heavy atom. The van der Waals surface area contributed by atoms with Crippen LogP contribution < -0.4 is 10.1 Å². The predicted octanol–water partition coefficient (Wildman–Crippen LogP) is 5.88. The number of benzene rings is 3. The van der Waals surface area contributed by atoms with E-state index in [0.717, 1.165) is 27.2 Å². The fourth-order valence-corrected chi connectivity index (χ4v) is 3.75. The Kier molecular flexibility index (Phi) is 6.51. The van der Waals surface area contributed by atoms with Crippen molar-refractivity contribution in [2.24, 2.45) is 5.92 Å². The second-order valence-electron chi connectivity index (χ2n) is 7.05. The van der Waals surface area contributed by atoms with Crippen LogP contribution in [0.1, 0.15) is 31.9 Å². The number of amides is 1. The molecular formula is C23H24BrNO2. The fraction of sp³-hybridized carbons (Fsp3) is 0.261. The largest absolute Gasteiger partial charge is 0.483 e. The average molecular weight is 426 g/mol. The van der Waals surface area contributed by atoms with E-state index in [0.29, 0.717) is 11.7 Å². The molecule has 1 atom stereocenters. The molecule has 0 saturated carbocycles. The average Bonchev–Trinajstić information content (AvgIpc) is 2.67. The van der Waals surface area contributed by atoms with Gasteiger partial charge in [0.1, 0.15) is 5.75 Å². The Morgan fingerprint density at radius 3 is 2.44 bits per heavy atom. The van der Waals surface area contributed by atoms with E-state index in [9.17, 15) is 4.79 Å². The van der Waals surface area contributed by atoms with E-state index in [2.05, 4.69) is 35.1 Å². The molecule has 140 valence electrons. The molecule has 4 heteroatoms. The third kappa shape index (κ3) is 5.10. The Labute approximate surface area is 168 Å². The van der Waals surface area contributed by atoms with Crippen molar-refractivity contribution in [1.29, 1.82) is 0 Å². The Morgan fingerprint density at radius 1 is 1.00 bits per heavy atom. The monoisotopic (exact) mass is 425 g/mol. The maximum atomic E-state index is 12.5. The Balaban J connectivity index is 1.67. The van der Waals surface area contributed by atoms with Gasteiger partial charge in [-0.25, -0.2) is 0 Å². The minimum atomic E-state index is -0.121. The van der Waals surface area contributed by atoms with Crippen molar-refractivity contribution in [2.45, 2.75) is 26.3 Å². The molecule has 3 nitrogen and oxygen atoms in total. The highest BCUT2D eigenvalue weighted by molar-refractivity contribution is 9.10. The number of rotatable bonds is 7. The van der Waals surface area contributed by atoms with E-state index in [-0.39, 0.29) is 18.6 Å². The summed E-state index contributed by atoms with van der Waals surface area (Å²) in [4.78, 5) is 12.5. The van der Waals surface area contributed by atoms with Crippen LogP contribution in [0.4, 0.5) is 0 Å². The minimum absolute atomic E-state index is 0.0117. The highest BCUT2D eigenvalue weighted by Gasteiger charge is 2.17. The van der Waals surface area contributed by atoms with Crippen LogP contribution in [0.2, 0.25) is 0 Å². The molecule has 0 fully saturated rings. The van der Waals surface area contributed by atoms with Gasteiger partial charge in [0.15, 0.2) is 6.61 Å². The lowest BCUT2D eigenvalue weighted by Gasteiger charge is -2.21. The summed E-state index contributed by atoms with van der Waals surface area (Å²) in [5.41, 5.74) is 1.12. The summed E-state index contributed by atoms with van der Waals surface area (Å²) < 4.78 is 6.66. The van der Waals surface area contributed by atoms with Crippen LogP contribution in [0.15, 0.2) is 71.2 Å². The number of fused-ring (bicyclic) bond motifs is 1. The lowest BCUT2D eigenvalue weighted by molar-refractivity contribution is -0.124. The smallest absolute Gasteiger partial charge is 0.258 e. The number of ether oxygens (including phenoxy) is 1. The van der Waals surface area contributed by atoms with Crippen LogP contribution >= 0.6 is 15.9 Å². The predicted molar refractivity (Wildman–Crippen MR) is 114 cm³/mol. The summed E-state index contributed by atoms with van der Waals surface area (Å²) in [5, 5.41) is 5.31. The van der Waals surface area contributed by atoms with Gasteiger partial charge in [0.2, 0.25) is 0 Å². The lowest BCUT2D eigenvalue weighted by atomic mass is 9.97. The molecule has 0 unspecified atom stereocenters. The summed E-state index contributed by atoms with van der Waals surface area (Å²) in [6.45, 7) is 4.30. The number of halogens is 1. The molecule has 0 bridgehead atoms. The van der Waals surface area contributed by atoms with Crippen LogP contribution in [-0.2, 0) is 4.79 Å². The van der Waals surface area contributed by atoms with Gasteiger partial charge < -0.3 is 10.1 Å². The summed E-state index contributed by atoms with van der Waals surface area (Å²) in [7, 11) is 0. The van der Waals surface area contributed by atoms with E-state index in [1.807, 2.05) is 66.7 Å². The lowest BCUT2D eigenvalue weighted by Crippen LogP contribution is -2.33. The quantitative estimate of drug-likeness (QED) is 0.512. The summed E-state index contributed by atoms with van der Waals surface area (Å²) in [5.74, 6) is 1.03. The second kappa shape index (κ2) is 9.05. The molecule has 0 aliphatic carbocycles. The van der Waals surface area contributed by atoms with Crippen molar-refractivity contribution in [3.63, 3.8) is 0 Å². The van der Waals surface area contributed by atoms with Crippen molar-refractivity contribution >= 4 is 32.6 Å². The molecule has 0 aliphatic rings. The normalized spacial score (nSPS) is 12.1. The van der Waals surface area contributed by atoms with Gasteiger partial charge in [0.25, 0.3) is 5.91 Å². The van der Waals surface area contributed by atoms with Crippen molar-refractivity contribution in [3.05, 3.63) is 76.8 Å². The molecule has 3 rings (SSSR count). The van der Waals surface area contributed by atoms with Gasteiger partial charge in [-0.1, -0.05) is 74.5 Å². The number of hydrogen-bond donors (Lipinski definition) is 1. The highest BCUT2D eigenvalue weighted by Crippen LogP contribution is 2.33. The Bertz CT molecular complexity index is 909. The molecule has 0 heterocycles. The van der Waals surface area contributed by atoms with Crippen molar-refractivity contribution in [3.8, 4) is 5.75 Å². The molecule has 0 radical (unpaired) electrons. The molecule has 3 aromatic rings. The number of hydrogen-bond acceptors (Lipinski definition) is 2. The molecule has 0 aliphatic heterocycles. The third-order valence-electron chi connectivity index (χ3n) is 4.43. The van der Waals surface area contributed by atoms with Gasteiger partial charge in [-0.3, -0.25) is 4.79 Å². The van der Waals surface area contributed by atoms with Crippen molar-refractivity contribution in [2.75, 3.05) is 6.61 Å². The first-order valence-corrected chi connectivity index (χ1v) is 9.98. The van der Waals surface area contributed by atoms with E-state index in [4.69, 9.17) is 4.74 Å². The van der Waals surface area contributed by atoms with E-state index in [1.54, 1.807) is 0 Å². The first-order valence-electron chi connectivity index (χ1n) is 9.19. The van der Waals surface area contributed by atoms with Gasteiger partial charge in [-0.2, -0.15) is 0 Å². The van der Waals surface area contributed by atoms with Crippen molar-refractivity contribution in [1.82, 2.24) is 5.32 Å². The van der Waals surface area contributed by atoms with Gasteiger partial charge in [-0.15, -0.1) is 0 Å². The minimum Gasteiger partial charge on any atom is -0.483 e. The van der Waals surface area contributed by atoms with Crippen LogP contribution in [0, 0.1) is 5.92 Å². The van der Waals surface area contributed by atoms with Crippen LogP contribution in [0.5, 0.6) is 5.75 Å². The number of carbonyl (C=O) groups excluding carboxylic acids is 1. The molecule has 1 N–H and O–H groups in total. The zero-order chi connectivity index (χ0) is 19.2. The third-order valence-corrected chi connectivity index (χ3v) is 5.25. The van der Waals surface area contributed by atoms with Crippen LogP contribution in [-0.4, -0.2) is 12.5 Å². The van der Waals surface area contributed by atoms with Crippen LogP contribution in [0.25, 0.3) is 10.8 Å². The maximum absolute atomic E-state index is 12.5. The molecule has 3 aromatic carbocycles. The number of nitrogens with one attached hydrogen (secondary N) is 1. The molecular weight excluding hydrogens is 402 g/mol. The van der Waals surface area contributed by atoms with Gasteiger partial charge in [-0.05, 0) is 50.7 Å². The van der Waals surface area contributed by atoms with Gasteiger partial charge in [0, 0.05) is 0 Å². The molecule has 0 spiro atoms. The zero-order valence-electron chi connectivity index (χ0n) is 15.6. The second-order valence-corrected chi connectivity index (χ2v) is 7.84. The topological polar surface area (TPSA) is 38.3 Å². The maximum Gasteiger partial charge on any atom is 0.258 e. The summed E-state index contributed by atoms with van der Waals surface area (Å²) >= 11 is 3.60. The van der Waals surface area contributed by atoms with E-state index >= 15 is 0 Å². The fourth-order valence-electron chi connectivity index (χ4n) is 3.14. The highest BCUT2D eigenvalue weighted by atomic mass is 79.9. The van der Waals surface area contributed by atoms with Crippen molar-refractivity contribution < 1.29 is 9.53 Å². The number of carbonyl (C=O) groups is 1. The summed E-state index contributed by atoms with van der Waals surface area (Å²) in [6, 6.07) is 22.0. The Hall–Kier alpha value is -2.33. The SMILES string of the molecule is CC(C)C[C@@H](NC(=O)COc1ccc2ccccc2c1Br)c1ccccc1. The van der Waals surface area contributed by atoms with E-state index in [1.165, 1.54) is 0 Å². The molecule has 0 saturated heterocycles. The van der Waals surface area contributed by atoms with Gasteiger partial charge >= 0.3 is 0 Å². The van der Waals surface area contributed by atoms with Crippen LogP contribution in [0.3, 0.4) is 0 Å². The summed E-state index contributed by atoms with van der Waals surface area (Å²) in [6.07, 6.45) is 0.884. The zero-order valence-corrected chi connectivity index (χ0v) is 17.2. The molecule has 27 heavy (non-hydrogen) atoms. The first kappa shape index (κ1) is 19.4.